The van der Waals surface area contributed by atoms with Crippen molar-refractivity contribution >= 4 is 5.91 Å². The molecule has 1 N–H and O–H groups in total. The van der Waals surface area contributed by atoms with E-state index in [9.17, 15) is 18.0 Å². The molecule has 1 unspecified atom stereocenters. The van der Waals surface area contributed by atoms with E-state index < -0.39 is 18.8 Å². The Bertz CT molecular complexity index is 255. The maximum Gasteiger partial charge on any atom is 0.401 e. The summed E-state index contributed by atoms with van der Waals surface area (Å²) in [6.45, 7) is -0.0386. The molecule has 7 heteroatoms. The van der Waals surface area contributed by atoms with Crippen LogP contribution in [-0.4, -0.2) is 68.2 Å². The first-order valence-corrected chi connectivity index (χ1v) is 5.04. The van der Waals surface area contributed by atoms with Gasteiger partial charge in [0.25, 0.3) is 0 Å². The van der Waals surface area contributed by atoms with E-state index in [-0.39, 0.29) is 19.0 Å². The number of rotatable bonds is 2. The number of carbonyl (C=O) groups excluding carboxylic acids is 1. The average molecular weight is 239 g/mol. The summed E-state index contributed by atoms with van der Waals surface area (Å²) in [7, 11) is 3.09. The standard InChI is InChI=1S/C9H16F3N3O/c1-14(2)8(16)7-5-13-3-4-15(7)6-9(10,11)12/h7,13H,3-6H2,1-2H3. The molecule has 1 fully saturated rings. The summed E-state index contributed by atoms with van der Waals surface area (Å²) >= 11 is 0. The van der Waals surface area contributed by atoms with Gasteiger partial charge in [0.1, 0.15) is 6.04 Å². The SMILES string of the molecule is CN(C)C(=O)C1CNCCN1CC(F)(F)F. The first-order chi connectivity index (χ1) is 7.31. The first kappa shape index (κ1) is 13.2. The van der Waals surface area contributed by atoms with Crippen LogP contribution in [0.4, 0.5) is 13.2 Å². The second-order valence-corrected chi connectivity index (χ2v) is 4.04. The molecule has 0 spiro atoms. The van der Waals surface area contributed by atoms with Crippen molar-refractivity contribution < 1.29 is 18.0 Å². The number of carbonyl (C=O) groups is 1. The van der Waals surface area contributed by atoms with Crippen LogP contribution in [-0.2, 0) is 4.79 Å². The Morgan fingerprint density at radius 2 is 2.12 bits per heavy atom. The van der Waals surface area contributed by atoms with Crippen molar-refractivity contribution in [2.45, 2.75) is 12.2 Å². The van der Waals surface area contributed by atoms with Gasteiger partial charge in [0, 0.05) is 33.7 Å². The number of nitrogens with one attached hydrogen (secondary N) is 1. The Kier molecular flexibility index (Phi) is 4.15. The fraction of sp³-hybridized carbons (Fsp3) is 0.889. The number of hydrogen-bond acceptors (Lipinski definition) is 3. The summed E-state index contributed by atoms with van der Waals surface area (Å²) in [5, 5.41) is 2.93. The van der Waals surface area contributed by atoms with Crippen molar-refractivity contribution in [3.8, 4) is 0 Å². The van der Waals surface area contributed by atoms with E-state index in [0.29, 0.717) is 6.54 Å². The van der Waals surface area contributed by atoms with Gasteiger partial charge >= 0.3 is 6.18 Å². The molecular weight excluding hydrogens is 223 g/mol. The van der Waals surface area contributed by atoms with Gasteiger partial charge in [-0.25, -0.2) is 0 Å². The number of amides is 1. The topological polar surface area (TPSA) is 35.6 Å². The fourth-order valence-electron chi connectivity index (χ4n) is 1.71. The quantitative estimate of drug-likeness (QED) is 0.731. The number of piperazine rings is 1. The monoisotopic (exact) mass is 239 g/mol. The molecule has 1 saturated heterocycles. The van der Waals surface area contributed by atoms with Gasteiger partial charge in [0.05, 0.1) is 6.54 Å². The summed E-state index contributed by atoms with van der Waals surface area (Å²) in [6, 6.07) is -0.717. The Balaban J connectivity index is 2.68. The van der Waals surface area contributed by atoms with Crippen molar-refractivity contribution in [3.05, 3.63) is 0 Å². The predicted octanol–water partition coefficient (Wildman–Crippen LogP) is -0.0893. The summed E-state index contributed by atoms with van der Waals surface area (Å²) in [5.41, 5.74) is 0. The van der Waals surface area contributed by atoms with Crippen LogP contribution in [0.1, 0.15) is 0 Å². The Labute approximate surface area is 92.4 Å². The molecule has 16 heavy (non-hydrogen) atoms. The third-order valence-electron chi connectivity index (χ3n) is 2.46. The van der Waals surface area contributed by atoms with E-state index in [2.05, 4.69) is 5.32 Å². The molecule has 1 aliphatic rings. The highest BCUT2D eigenvalue weighted by Crippen LogP contribution is 2.19. The number of likely N-dealkylation sites (N-methyl/N-ethyl adjacent to an activating group) is 1. The summed E-state index contributed by atoms with van der Waals surface area (Å²) in [4.78, 5) is 14.2. The van der Waals surface area contributed by atoms with Gasteiger partial charge < -0.3 is 10.2 Å². The Hall–Kier alpha value is -0.820. The molecule has 94 valence electrons. The second kappa shape index (κ2) is 5.01. The Morgan fingerprint density at radius 1 is 1.50 bits per heavy atom. The molecule has 4 nitrogen and oxygen atoms in total. The second-order valence-electron chi connectivity index (χ2n) is 4.04. The van der Waals surface area contributed by atoms with Gasteiger partial charge in [0.15, 0.2) is 0 Å². The summed E-state index contributed by atoms with van der Waals surface area (Å²) in [5.74, 6) is -0.295. The van der Waals surface area contributed by atoms with E-state index in [4.69, 9.17) is 0 Å². The van der Waals surface area contributed by atoms with Crippen molar-refractivity contribution in [1.29, 1.82) is 0 Å². The molecular formula is C9H16F3N3O. The molecule has 0 aliphatic carbocycles. The van der Waals surface area contributed by atoms with Gasteiger partial charge in [-0.1, -0.05) is 0 Å². The molecule has 0 aromatic rings. The minimum Gasteiger partial charge on any atom is -0.347 e. The summed E-state index contributed by atoms with van der Waals surface area (Å²) in [6.07, 6.45) is -4.26. The van der Waals surface area contributed by atoms with Gasteiger partial charge in [-0.15, -0.1) is 0 Å². The minimum atomic E-state index is -4.26. The van der Waals surface area contributed by atoms with Crippen molar-refractivity contribution in [2.75, 3.05) is 40.3 Å². The van der Waals surface area contributed by atoms with Gasteiger partial charge in [-0.3, -0.25) is 9.69 Å². The Morgan fingerprint density at radius 3 is 2.62 bits per heavy atom. The van der Waals surface area contributed by atoms with Crippen LogP contribution in [0.15, 0.2) is 0 Å². The highest BCUT2D eigenvalue weighted by atomic mass is 19.4. The third kappa shape index (κ3) is 3.64. The largest absolute Gasteiger partial charge is 0.401 e. The fourth-order valence-corrected chi connectivity index (χ4v) is 1.71. The molecule has 0 radical (unpaired) electrons. The van der Waals surface area contributed by atoms with Crippen LogP contribution in [0.25, 0.3) is 0 Å². The normalized spacial score (nSPS) is 23.2. The summed E-state index contributed by atoms with van der Waals surface area (Å²) < 4.78 is 36.9. The zero-order chi connectivity index (χ0) is 12.3. The van der Waals surface area contributed by atoms with Crippen LogP contribution in [0.5, 0.6) is 0 Å². The van der Waals surface area contributed by atoms with Gasteiger partial charge in [-0.05, 0) is 0 Å². The van der Waals surface area contributed by atoms with Crippen molar-refractivity contribution in [3.63, 3.8) is 0 Å². The molecule has 1 rings (SSSR count). The predicted molar refractivity (Wildman–Crippen MR) is 53.0 cm³/mol. The average Bonchev–Trinajstić information content (AvgIpc) is 2.15. The van der Waals surface area contributed by atoms with E-state index in [1.807, 2.05) is 0 Å². The van der Waals surface area contributed by atoms with Crippen LogP contribution >= 0.6 is 0 Å². The molecule has 1 atom stereocenters. The lowest BCUT2D eigenvalue weighted by molar-refractivity contribution is -0.159. The number of hydrogen-bond donors (Lipinski definition) is 1. The number of alkyl halides is 3. The lowest BCUT2D eigenvalue weighted by Crippen LogP contribution is -2.59. The lowest BCUT2D eigenvalue weighted by atomic mass is 10.1. The molecule has 0 saturated carbocycles. The van der Waals surface area contributed by atoms with E-state index in [1.165, 1.54) is 9.80 Å². The zero-order valence-corrected chi connectivity index (χ0v) is 9.34. The molecule has 0 bridgehead atoms. The van der Waals surface area contributed by atoms with Crippen LogP contribution in [0.2, 0.25) is 0 Å². The van der Waals surface area contributed by atoms with Crippen molar-refractivity contribution in [1.82, 2.24) is 15.1 Å². The van der Waals surface area contributed by atoms with Crippen LogP contribution in [0.3, 0.4) is 0 Å². The molecule has 0 aromatic carbocycles. The maximum atomic E-state index is 12.3. The van der Waals surface area contributed by atoms with Gasteiger partial charge in [0.2, 0.25) is 5.91 Å². The van der Waals surface area contributed by atoms with Crippen molar-refractivity contribution in [2.24, 2.45) is 0 Å². The molecule has 0 aromatic heterocycles. The van der Waals surface area contributed by atoms with E-state index in [1.54, 1.807) is 14.1 Å². The van der Waals surface area contributed by atoms with Crippen LogP contribution in [0, 0.1) is 0 Å². The van der Waals surface area contributed by atoms with E-state index >= 15 is 0 Å². The molecule has 1 heterocycles. The highest BCUT2D eigenvalue weighted by Gasteiger charge is 2.37. The third-order valence-corrected chi connectivity index (χ3v) is 2.46. The lowest BCUT2D eigenvalue weighted by Gasteiger charge is -2.36. The highest BCUT2D eigenvalue weighted by molar-refractivity contribution is 5.81. The van der Waals surface area contributed by atoms with E-state index in [0.717, 1.165) is 0 Å². The number of nitrogens with zero attached hydrogens (tertiary/aromatic N) is 2. The number of halogens is 3. The minimum absolute atomic E-state index is 0.240. The molecule has 1 amide bonds. The maximum absolute atomic E-state index is 12.3. The zero-order valence-electron chi connectivity index (χ0n) is 9.34. The van der Waals surface area contributed by atoms with Crippen LogP contribution < -0.4 is 5.32 Å². The van der Waals surface area contributed by atoms with Gasteiger partial charge in [-0.2, -0.15) is 13.2 Å². The smallest absolute Gasteiger partial charge is 0.347 e. The molecule has 1 aliphatic heterocycles. The first-order valence-electron chi connectivity index (χ1n) is 5.04.